The van der Waals surface area contributed by atoms with Crippen molar-refractivity contribution in [2.45, 2.75) is 25.0 Å². The topological polar surface area (TPSA) is 47.9 Å². The van der Waals surface area contributed by atoms with Crippen LogP contribution in [0.15, 0.2) is 24.3 Å². The molecule has 0 bridgehead atoms. The molecule has 20 heavy (non-hydrogen) atoms. The fraction of sp³-hybridized carbons (Fsp3) is 0.625. The molecule has 4 heteroatoms. The normalized spacial score (nSPS) is 30.2. The molecule has 1 heterocycles. The van der Waals surface area contributed by atoms with Gasteiger partial charge in [-0.1, -0.05) is 18.2 Å². The first-order valence-corrected chi connectivity index (χ1v) is 7.28. The van der Waals surface area contributed by atoms with Crippen molar-refractivity contribution in [1.82, 2.24) is 0 Å². The van der Waals surface area contributed by atoms with Crippen LogP contribution in [0.2, 0.25) is 0 Å². The number of hydrogen-bond donors (Lipinski definition) is 1. The van der Waals surface area contributed by atoms with Gasteiger partial charge in [0.25, 0.3) is 0 Å². The lowest BCUT2D eigenvalue weighted by Crippen LogP contribution is -2.18. The summed E-state index contributed by atoms with van der Waals surface area (Å²) in [6.45, 7) is 1.70. The van der Waals surface area contributed by atoms with Gasteiger partial charge in [0.2, 0.25) is 0 Å². The zero-order chi connectivity index (χ0) is 13.9. The van der Waals surface area contributed by atoms with Crippen molar-refractivity contribution in [1.29, 1.82) is 0 Å². The summed E-state index contributed by atoms with van der Waals surface area (Å²) in [6.07, 6.45) is 1.99. The maximum atomic E-state index is 9.66. The zero-order valence-corrected chi connectivity index (χ0v) is 11.8. The first-order valence-electron chi connectivity index (χ1n) is 7.28. The van der Waals surface area contributed by atoms with Crippen molar-refractivity contribution in [3.05, 3.63) is 29.8 Å². The molecule has 4 nitrogen and oxygen atoms in total. The summed E-state index contributed by atoms with van der Waals surface area (Å²) in [5.74, 6) is 2.04. The standard InChI is InChI=1S/C16H22O4/c1-18-15-5-3-2-4-14(15)16(8-17)20-13-6-11-9-19-10-12(11)7-13/h2-5,11-13,16-17H,6-10H2,1H3/t11-,12+,13?,16?. The van der Waals surface area contributed by atoms with Crippen LogP contribution in [0.25, 0.3) is 0 Å². The molecule has 0 aromatic heterocycles. The Kier molecular flexibility index (Phi) is 4.24. The van der Waals surface area contributed by atoms with Crippen LogP contribution in [-0.4, -0.2) is 38.1 Å². The molecule has 1 saturated heterocycles. The molecular weight excluding hydrogens is 256 g/mol. The summed E-state index contributed by atoms with van der Waals surface area (Å²) < 4.78 is 17.0. The van der Waals surface area contributed by atoms with E-state index in [0.29, 0.717) is 11.8 Å². The third-order valence-corrected chi connectivity index (χ3v) is 4.47. The monoisotopic (exact) mass is 278 g/mol. The van der Waals surface area contributed by atoms with E-state index in [-0.39, 0.29) is 18.8 Å². The molecular formula is C16H22O4. The fourth-order valence-electron chi connectivity index (χ4n) is 3.43. The van der Waals surface area contributed by atoms with Gasteiger partial charge in [-0.3, -0.25) is 0 Å². The van der Waals surface area contributed by atoms with Crippen LogP contribution in [0.3, 0.4) is 0 Å². The molecule has 1 N–H and O–H groups in total. The number of aliphatic hydroxyl groups is 1. The number of aliphatic hydroxyl groups excluding tert-OH is 1. The van der Waals surface area contributed by atoms with Gasteiger partial charge in [-0.15, -0.1) is 0 Å². The van der Waals surface area contributed by atoms with Gasteiger partial charge in [-0.2, -0.15) is 0 Å². The van der Waals surface area contributed by atoms with Crippen molar-refractivity contribution in [3.8, 4) is 5.75 Å². The number of methoxy groups -OCH3 is 1. The van der Waals surface area contributed by atoms with Crippen LogP contribution >= 0.6 is 0 Å². The average molecular weight is 278 g/mol. The lowest BCUT2D eigenvalue weighted by Gasteiger charge is -2.23. The lowest BCUT2D eigenvalue weighted by molar-refractivity contribution is -0.0450. The van der Waals surface area contributed by atoms with Crippen LogP contribution < -0.4 is 4.74 Å². The van der Waals surface area contributed by atoms with Crippen molar-refractivity contribution in [2.75, 3.05) is 26.9 Å². The highest BCUT2D eigenvalue weighted by Crippen LogP contribution is 2.40. The lowest BCUT2D eigenvalue weighted by atomic mass is 10.0. The number of rotatable bonds is 5. The van der Waals surface area contributed by atoms with Gasteiger partial charge < -0.3 is 19.3 Å². The first-order chi connectivity index (χ1) is 9.81. The van der Waals surface area contributed by atoms with E-state index in [1.165, 1.54) is 0 Å². The van der Waals surface area contributed by atoms with E-state index in [9.17, 15) is 5.11 Å². The van der Waals surface area contributed by atoms with E-state index in [1.54, 1.807) is 7.11 Å². The second-order valence-corrected chi connectivity index (χ2v) is 5.70. The molecule has 2 fully saturated rings. The fourth-order valence-corrected chi connectivity index (χ4v) is 3.43. The zero-order valence-electron chi connectivity index (χ0n) is 11.8. The average Bonchev–Trinajstić information content (AvgIpc) is 3.05. The minimum atomic E-state index is -0.309. The molecule has 0 spiro atoms. The number of fused-ring (bicyclic) bond motifs is 1. The molecule has 4 atom stereocenters. The van der Waals surface area contributed by atoms with E-state index in [2.05, 4.69) is 0 Å². The molecule has 1 aromatic carbocycles. The van der Waals surface area contributed by atoms with E-state index < -0.39 is 0 Å². The highest BCUT2D eigenvalue weighted by atomic mass is 16.5. The number of benzene rings is 1. The predicted octanol–water partition coefficient (Wildman–Crippen LogP) is 2.17. The maximum Gasteiger partial charge on any atom is 0.124 e. The van der Waals surface area contributed by atoms with E-state index in [4.69, 9.17) is 14.2 Å². The largest absolute Gasteiger partial charge is 0.496 e. The molecule has 0 amide bonds. The van der Waals surface area contributed by atoms with Gasteiger partial charge in [-0.25, -0.2) is 0 Å². The minimum Gasteiger partial charge on any atom is -0.496 e. The SMILES string of the molecule is COc1ccccc1C(CO)OC1C[C@H]2COC[C@H]2C1. The van der Waals surface area contributed by atoms with Gasteiger partial charge in [0.05, 0.1) is 19.8 Å². The number of para-hydroxylation sites is 1. The summed E-state index contributed by atoms with van der Waals surface area (Å²) in [5, 5.41) is 9.66. The Hall–Kier alpha value is -1.10. The van der Waals surface area contributed by atoms with Crippen molar-refractivity contribution in [2.24, 2.45) is 11.8 Å². The number of hydrogen-bond acceptors (Lipinski definition) is 4. The first kappa shape index (κ1) is 13.9. The van der Waals surface area contributed by atoms with Crippen molar-refractivity contribution < 1.29 is 19.3 Å². The van der Waals surface area contributed by atoms with Crippen LogP contribution in [0.4, 0.5) is 0 Å². The molecule has 1 aliphatic heterocycles. The van der Waals surface area contributed by atoms with Crippen LogP contribution in [0, 0.1) is 11.8 Å². The van der Waals surface area contributed by atoms with Gasteiger partial charge in [0.1, 0.15) is 11.9 Å². The summed E-state index contributed by atoms with van der Waals surface area (Å²) in [4.78, 5) is 0. The summed E-state index contributed by atoms with van der Waals surface area (Å²) in [5.41, 5.74) is 0.922. The maximum absolute atomic E-state index is 9.66. The molecule has 1 aromatic rings. The Balaban J connectivity index is 1.68. The predicted molar refractivity (Wildman–Crippen MR) is 74.7 cm³/mol. The Labute approximate surface area is 119 Å². The Morgan fingerprint density at radius 2 is 1.95 bits per heavy atom. The van der Waals surface area contributed by atoms with E-state index >= 15 is 0 Å². The molecule has 0 radical (unpaired) electrons. The number of ether oxygens (including phenoxy) is 3. The molecule has 3 rings (SSSR count). The summed E-state index contributed by atoms with van der Waals surface area (Å²) >= 11 is 0. The molecule has 2 aliphatic rings. The second-order valence-electron chi connectivity index (χ2n) is 5.70. The van der Waals surface area contributed by atoms with Gasteiger partial charge in [0, 0.05) is 18.8 Å². The Morgan fingerprint density at radius 3 is 2.60 bits per heavy atom. The van der Waals surface area contributed by atoms with Crippen LogP contribution in [-0.2, 0) is 9.47 Å². The van der Waals surface area contributed by atoms with Crippen LogP contribution in [0.5, 0.6) is 5.75 Å². The smallest absolute Gasteiger partial charge is 0.124 e. The van der Waals surface area contributed by atoms with Crippen molar-refractivity contribution >= 4 is 0 Å². The molecule has 1 saturated carbocycles. The second kappa shape index (κ2) is 6.12. The quantitative estimate of drug-likeness (QED) is 0.896. The van der Waals surface area contributed by atoms with E-state index in [0.717, 1.165) is 37.4 Å². The van der Waals surface area contributed by atoms with Crippen LogP contribution in [0.1, 0.15) is 24.5 Å². The van der Waals surface area contributed by atoms with E-state index in [1.807, 2.05) is 24.3 Å². The third-order valence-electron chi connectivity index (χ3n) is 4.47. The highest BCUT2D eigenvalue weighted by molar-refractivity contribution is 5.35. The minimum absolute atomic E-state index is 0.0251. The van der Waals surface area contributed by atoms with Gasteiger partial charge in [-0.05, 0) is 30.7 Å². The molecule has 2 unspecified atom stereocenters. The highest BCUT2D eigenvalue weighted by Gasteiger charge is 2.39. The third kappa shape index (κ3) is 2.68. The summed E-state index contributed by atoms with van der Waals surface area (Å²) in [6, 6.07) is 7.73. The molecule has 1 aliphatic carbocycles. The molecule has 110 valence electrons. The van der Waals surface area contributed by atoms with Gasteiger partial charge >= 0.3 is 0 Å². The van der Waals surface area contributed by atoms with Crippen molar-refractivity contribution in [3.63, 3.8) is 0 Å². The Morgan fingerprint density at radius 1 is 1.25 bits per heavy atom. The Bertz CT molecular complexity index is 436. The summed E-state index contributed by atoms with van der Waals surface area (Å²) in [7, 11) is 1.64. The van der Waals surface area contributed by atoms with Gasteiger partial charge in [0.15, 0.2) is 0 Å².